The van der Waals surface area contributed by atoms with E-state index < -0.39 is 17.9 Å². The molecule has 1 aromatic carbocycles. The highest BCUT2D eigenvalue weighted by Gasteiger charge is 2.08. The summed E-state index contributed by atoms with van der Waals surface area (Å²) in [5, 5.41) is 9.48. The van der Waals surface area contributed by atoms with Crippen LogP contribution in [0, 0.1) is 0 Å². The van der Waals surface area contributed by atoms with Crippen molar-refractivity contribution in [3.05, 3.63) is 36.4 Å². The minimum atomic E-state index is -0.653. The minimum absolute atomic E-state index is 0.104. The second-order valence-corrected chi connectivity index (χ2v) is 4.65. The summed E-state index contributed by atoms with van der Waals surface area (Å²) < 4.78 is 14.5. The Balaban J connectivity index is 2.15. The summed E-state index contributed by atoms with van der Waals surface area (Å²) in [7, 11) is 0. The lowest BCUT2D eigenvalue weighted by molar-refractivity contribution is -0.140. The fourth-order valence-electron chi connectivity index (χ4n) is 1.64. The highest BCUT2D eigenvalue weighted by molar-refractivity contribution is 5.91. The molecule has 0 bridgehead atoms. The zero-order chi connectivity index (χ0) is 17.8. The maximum Gasteiger partial charge on any atom is 0.331 e. The Morgan fingerprint density at radius 1 is 1.04 bits per heavy atom. The van der Waals surface area contributed by atoms with Crippen molar-refractivity contribution in [3.8, 4) is 11.5 Å². The Morgan fingerprint density at radius 3 is 2.38 bits per heavy atom. The largest absolute Gasteiger partial charge is 0.504 e. The van der Waals surface area contributed by atoms with Crippen LogP contribution in [0.5, 0.6) is 11.5 Å². The lowest BCUT2D eigenvalue weighted by Crippen LogP contribution is -2.09. The zero-order valence-corrected chi connectivity index (χ0v) is 13.4. The van der Waals surface area contributed by atoms with Gasteiger partial charge in [-0.1, -0.05) is 12.1 Å². The molecular formula is C17H20O7. The molecule has 0 heterocycles. The number of phenolic OH excluding ortho intramolecular Hbond substituents is 1. The third-order valence-corrected chi connectivity index (χ3v) is 2.75. The van der Waals surface area contributed by atoms with Crippen LogP contribution < -0.4 is 4.74 Å². The number of rotatable bonds is 9. The Labute approximate surface area is 139 Å². The standard InChI is InChI=1S/C17H20O7/c1-2-22-15(19)10-11-16(20)23-12-6-5-9-17(21)24-14-8-4-3-7-13(14)18/h3-4,7-8,10-11,18H,2,5-6,9,12H2,1H3/b11-10-. The van der Waals surface area contributed by atoms with Crippen molar-refractivity contribution in [1.29, 1.82) is 0 Å². The second-order valence-electron chi connectivity index (χ2n) is 4.65. The SMILES string of the molecule is CCOC(=O)/C=C\C(=O)OCCCCC(=O)Oc1ccccc1O. The van der Waals surface area contributed by atoms with E-state index in [-0.39, 0.29) is 31.1 Å². The van der Waals surface area contributed by atoms with E-state index in [2.05, 4.69) is 4.74 Å². The third-order valence-electron chi connectivity index (χ3n) is 2.75. The Bertz CT molecular complexity index is 592. The van der Waals surface area contributed by atoms with Gasteiger partial charge < -0.3 is 19.3 Å². The van der Waals surface area contributed by atoms with Crippen LogP contribution in [0.15, 0.2) is 36.4 Å². The molecule has 0 radical (unpaired) electrons. The van der Waals surface area contributed by atoms with Crippen molar-refractivity contribution in [2.75, 3.05) is 13.2 Å². The van der Waals surface area contributed by atoms with Crippen molar-refractivity contribution in [2.24, 2.45) is 0 Å². The molecular weight excluding hydrogens is 316 g/mol. The Kier molecular flexibility index (Phi) is 8.67. The van der Waals surface area contributed by atoms with Crippen LogP contribution >= 0.6 is 0 Å². The van der Waals surface area contributed by atoms with E-state index in [1.165, 1.54) is 12.1 Å². The molecule has 0 unspecified atom stereocenters. The predicted octanol–water partition coefficient (Wildman–Crippen LogP) is 2.13. The normalized spacial score (nSPS) is 10.4. The van der Waals surface area contributed by atoms with E-state index in [9.17, 15) is 19.5 Å². The van der Waals surface area contributed by atoms with Crippen LogP contribution in [-0.4, -0.2) is 36.2 Å². The van der Waals surface area contributed by atoms with Gasteiger partial charge in [0.15, 0.2) is 11.5 Å². The molecule has 130 valence electrons. The first kappa shape index (κ1) is 19.2. The molecule has 0 aromatic heterocycles. The predicted molar refractivity (Wildman–Crippen MR) is 84.3 cm³/mol. The molecule has 0 fully saturated rings. The van der Waals surface area contributed by atoms with Crippen LogP contribution in [0.2, 0.25) is 0 Å². The highest BCUT2D eigenvalue weighted by Crippen LogP contribution is 2.24. The van der Waals surface area contributed by atoms with Crippen LogP contribution in [0.4, 0.5) is 0 Å². The molecule has 0 saturated carbocycles. The lowest BCUT2D eigenvalue weighted by atomic mass is 10.2. The molecule has 1 N–H and O–H groups in total. The summed E-state index contributed by atoms with van der Waals surface area (Å²) in [6.07, 6.45) is 3.04. The summed E-state index contributed by atoms with van der Waals surface area (Å²) in [6.45, 7) is 2.01. The Morgan fingerprint density at radius 2 is 1.71 bits per heavy atom. The van der Waals surface area contributed by atoms with Gasteiger partial charge in [0.25, 0.3) is 0 Å². The highest BCUT2D eigenvalue weighted by atomic mass is 16.5. The summed E-state index contributed by atoms with van der Waals surface area (Å²) in [4.78, 5) is 33.9. The van der Waals surface area contributed by atoms with Gasteiger partial charge >= 0.3 is 17.9 Å². The van der Waals surface area contributed by atoms with Crippen LogP contribution in [0.3, 0.4) is 0 Å². The van der Waals surface area contributed by atoms with Gasteiger partial charge in [-0.15, -0.1) is 0 Å². The number of hydrogen-bond acceptors (Lipinski definition) is 7. The van der Waals surface area contributed by atoms with E-state index in [0.29, 0.717) is 12.8 Å². The first-order valence-corrected chi connectivity index (χ1v) is 7.53. The van der Waals surface area contributed by atoms with Crippen molar-refractivity contribution >= 4 is 17.9 Å². The number of benzene rings is 1. The van der Waals surface area contributed by atoms with Gasteiger partial charge in [-0.3, -0.25) is 4.79 Å². The molecule has 0 aliphatic carbocycles. The zero-order valence-electron chi connectivity index (χ0n) is 13.4. The van der Waals surface area contributed by atoms with Gasteiger partial charge in [0.2, 0.25) is 0 Å². The lowest BCUT2D eigenvalue weighted by Gasteiger charge is -2.06. The summed E-state index contributed by atoms with van der Waals surface area (Å²) in [6, 6.07) is 6.18. The average molecular weight is 336 g/mol. The fraction of sp³-hybridized carbons (Fsp3) is 0.353. The van der Waals surface area contributed by atoms with E-state index in [1.54, 1.807) is 19.1 Å². The third kappa shape index (κ3) is 7.98. The summed E-state index contributed by atoms with van der Waals surface area (Å²) in [5.41, 5.74) is 0. The van der Waals surface area contributed by atoms with Crippen LogP contribution in [0.1, 0.15) is 26.2 Å². The van der Waals surface area contributed by atoms with Gasteiger partial charge in [0, 0.05) is 18.6 Å². The van der Waals surface area contributed by atoms with Gasteiger partial charge in [0.1, 0.15) is 0 Å². The number of unbranched alkanes of at least 4 members (excludes halogenated alkanes) is 1. The molecule has 0 atom stereocenters. The average Bonchev–Trinajstić information content (AvgIpc) is 2.55. The summed E-state index contributed by atoms with van der Waals surface area (Å²) >= 11 is 0. The maximum absolute atomic E-state index is 11.6. The smallest absolute Gasteiger partial charge is 0.331 e. The molecule has 1 rings (SSSR count). The molecule has 0 saturated heterocycles. The molecule has 7 nitrogen and oxygen atoms in total. The molecule has 0 aliphatic rings. The van der Waals surface area contributed by atoms with Crippen LogP contribution in [-0.2, 0) is 23.9 Å². The Hall–Kier alpha value is -2.83. The number of phenols is 1. The second kappa shape index (κ2) is 10.8. The number of ether oxygens (including phenoxy) is 3. The minimum Gasteiger partial charge on any atom is -0.504 e. The number of aromatic hydroxyl groups is 1. The van der Waals surface area contributed by atoms with E-state index in [4.69, 9.17) is 9.47 Å². The molecule has 24 heavy (non-hydrogen) atoms. The van der Waals surface area contributed by atoms with E-state index >= 15 is 0 Å². The van der Waals surface area contributed by atoms with Gasteiger partial charge in [0.05, 0.1) is 13.2 Å². The summed E-state index contributed by atoms with van der Waals surface area (Å²) in [5.74, 6) is -1.74. The van der Waals surface area contributed by atoms with Crippen molar-refractivity contribution in [2.45, 2.75) is 26.2 Å². The van der Waals surface area contributed by atoms with E-state index in [1.807, 2.05) is 0 Å². The number of carbonyl (C=O) groups is 3. The molecule has 1 aromatic rings. The van der Waals surface area contributed by atoms with Gasteiger partial charge in [-0.2, -0.15) is 0 Å². The van der Waals surface area contributed by atoms with E-state index in [0.717, 1.165) is 12.2 Å². The van der Waals surface area contributed by atoms with Crippen molar-refractivity contribution in [3.63, 3.8) is 0 Å². The van der Waals surface area contributed by atoms with Crippen molar-refractivity contribution < 1.29 is 33.7 Å². The van der Waals surface area contributed by atoms with Gasteiger partial charge in [-0.25, -0.2) is 9.59 Å². The number of hydrogen-bond donors (Lipinski definition) is 1. The first-order valence-electron chi connectivity index (χ1n) is 7.53. The topological polar surface area (TPSA) is 99.1 Å². The molecule has 0 amide bonds. The number of para-hydroxylation sites is 2. The monoisotopic (exact) mass is 336 g/mol. The maximum atomic E-state index is 11.6. The van der Waals surface area contributed by atoms with Crippen molar-refractivity contribution in [1.82, 2.24) is 0 Å². The number of esters is 3. The first-order chi connectivity index (χ1) is 11.5. The quantitative estimate of drug-likeness (QED) is 0.319. The van der Waals surface area contributed by atoms with Gasteiger partial charge in [-0.05, 0) is 31.9 Å². The fourth-order valence-corrected chi connectivity index (χ4v) is 1.64. The molecule has 7 heteroatoms. The molecule has 0 aliphatic heterocycles. The molecule has 0 spiro atoms. The number of carbonyl (C=O) groups excluding carboxylic acids is 3. The van der Waals surface area contributed by atoms with Crippen LogP contribution in [0.25, 0.3) is 0 Å².